The van der Waals surface area contributed by atoms with Crippen LogP contribution in [0.25, 0.3) is 0 Å². The highest BCUT2D eigenvalue weighted by molar-refractivity contribution is 6.00. The second-order valence-corrected chi connectivity index (χ2v) is 6.18. The Morgan fingerprint density at radius 2 is 2.04 bits per heavy atom. The molecule has 0 aromatic heterocycles. The molecule has 0 radical (unpaired) electrons. The van der Waals surface area contributed by atoms with Crippen LogP contribution in [0.4, 0.5) is 18.0 Å². The number of alkyl halides is 3. The summed E-state index contributed by atoms with van der Waals surface area (Å²) in [6, 6.07) is 2.29. The van der Waals surface area contributed by atoms with E-state index in [0.29, 0.717) is 18.4 Å². The first kappa shape index (κ1) is 17.8. The minimum absolute atomic E-state index is 0.0258. The zero-order chi connectivity index (χ0) is 19.1. The van der Waals surface area contributed by atoms with Gasteiger partial charge in [0, 0.05) is 0 Å². The van der Waals surface area contributed by atoms with Gasteiger partial charge in [0.2, 0.25) is 0 Å². The molecule has 1 aliphatic heterocycles. The summed E-state index contributed by atoms with van der Waals surface area (Å²) in [7, 11) is 0. The number of rotatable bonds is 2. The number of urea groups is 1. The molecular formula is C17H17F3N4O2. The van der Waals surface area contributed by atoms with Crippen LogP contribution < -0.4 is 21.7 Å². The first-order valence-corrected chi connectivity index (χ1v) is 7.94. The first-order valence-electron chi connectivity index (χ1n) is 7.94. The highest BCUT2D eigenvalue weighted by Gasteiger charge is 2.33. The maximum absolute atomic E-state index is 13.0. The smallest absolute Gasteiger partial charge is 0.395 e. The maximum Gasteiger partial charge on any atom is 0.416 e. The lowest BCUT2D eigenvalue weighted by atomic mass is 9.86. The number of nitrogens with one attached hydrogen (secondary N) is 3. The van der Waals surface area contributed by atoms with Gasteiger partial charge in [0.1, 0.15) is 5.70 Å². The minimum atomic E-state index is -4.46. The van der Waals surface area contributed by atoms with Crippen molar-refractivity contribution in [2.75, 3.05) is 0 Å². The van der Waals surface area contributed by atoms with Crippen molar-refractivity contribution in [1.29, 1.82) is 0 Å². The van der Waals surface area contributed by atoms with E-state index >= 15 is 0 Å². The van der Waals surface area contributed by atoms with Crippen LogP contribution in [0.1, 0.15) is 35.6 Å². The van der Waals surface area contributed by atoms with Crippen molar-refractivity contribution in [1.82, 2.24) is 16.0 Å². The molecule has 0 spiro atoms. The summed E-state index contributed by atoms with van der Waals surface area (Å²) in [4.78, 5) is 24.0. The fourth-order valence-corrected chi connectivity index (χ4v) is 3.10. The number of nitrogens with two attached hydrogens (primary N) is 1. The molecule has 0 saturated carbocycles. The SMILES string of the molecule is C=C1NC(=O)NC(C(=O)N[C@@H]2CCCc3ccc(C(F)(F)F)cc32)=C1N. The number of amides is 3. The predicted octanol–water partition coefficient (Wildman–Crippen LogP) is 2.20. The monoisotopic (exact) mass is 366 g/mol. The van der Waals surface area contributed by atoms with Gasteiger partial charge in [-0.1, -0.05) is 12.6 Å². The lowest BCUT2D eigenvalue weighted by Gasteiger charge is -2.29. The molecule has 3 rings (SSSR count). The summed E-state index contributed by atoms with van der Waals surface area (Å²) in [5, 5.41) is 7.29. The summed E-state index contributed by atoms with van der Waals surface area (Å²) in [6.07, 6.45) is -2.62. The van der Waals surface area contributed by atoms with E-state index in [9.17, 15) is 22.8 Å². The maximum atomic E-state index is 13.0. The van der Waals surface area contributed by atoms with Crippen molar-refractivity contribution in [2.24, 2.45) is 5.73 Å². The van der Waals surface area contributed by atoms with E-state index in [1.807, 2.05) is 0 Å². The number of carbonyl (C=O) groups is 2. The van der Waals surface area contributed by atoms with Gasteiger partial charge in [-0.05, 0) is 42.5 Å². The van der Waals surface area contributed by atoms with Gasteiger partial charge in [-0.2, -0.15) is 13.2 Å². The summed E-state index contributed by atoms with van der Waals surface area (Å²) in [5.74, 6) is -0.672. The van der Waals surface area contributed by atoms with Crippen LogP contribution in [0.5, 0.6) is 0 Å². The van der Waals surface area contributed by atoms with Crippen molar-refractivity contribution >= 4 is 11.9 Å². The fourth-order valence-electron chi connectivity index (χ4n) is 3.10. The fraction of sp³-hybridized carbons (Fsp3) is 0.294. The molecule has 5 N–H and O–H groups in total. The number of benzene rings is 1. The highest BCUT2D eigenvalue weighted by atomic mass is 19.4. The van der Waals surface area contributed by atoms with Gasteiger partial charge < -0.3 is 21.7 Å². The van der Waals surface area contributed by atoms with Gasteiger partial charge in [-0.25, -0.2) is 4.79 Å². The van der Waals surface area contributed by atoms with Crippen molar-refractivity contribution in [3.8, 4) is 0 Å². The van der Waals surface area contributed by atoms with Gasteiger partial charge >= 0.3 is 12.2 Å². The molecule has 26 heavy (non-hydrogen) atoms. The summed E-state index contributed by atoms with van der Waals surface area (Å²) in [5.41, 5.74) is 6.07. The molecule has 0 fully saturated rings. The van der Waals surface area contributed by atoms with Crippen LogP contribution in [0.3, 0.4) is 0 Å². The average molecular weight is 366 g/mol. The van der Waals surface area contributed by atoms with E-state index < -0.39 is 29.7 Å². The zero-order valence-corrected chi connectivity index (χ0v) is 13.7. The van der Waals surface area contributed by atoms with Crippen molar-refractivity contribution in [2.45, 2.75) is 31.5 Å². The second kappa shape index (κ2) is 6.40. The molecule has 1 heterocycles. The van der Waals surface area contributed by atoms with E-state index in [0.717, 1.165) is 24.1 Å². The Balaban J connectivity index is 1.88. The van der Waals surface area contributed by atoms with E-state index in [2.05, 4.69) is 22.5 Å². The Morgan fingerprint density at radius 3 is 2.73 bits per heavy atom. The average Bonchev–Trinajstić information content (AvgIpc) is 2.57. The van der Waals surface area contributed by atoms with Gasteiger partial charge in [-0.3, -0.25) is 4.79 Å². The summed E-state index contributed by atoms with van der Waals surface area (Å²) < 4.78 is 39.0. The Labute approximate surface area is 147 Å². The van der Waals surface area contributed by atoms with E-state index in [1.165, 1.54) is 6.07 Å². The van der Waals surface area contributed by atoms with Crippen LogP contribution >= 0.6 is 0 Å². The summed E-state index contributed by atoms with van der Waals surface area (Å²) >= 11 is 0. The van der Waals surface area contributed by atoms with Crippen LogP contribution in [-0.4, -0.2) is 11.9 Å². The van der Waals surface area contributed by atoms with Crippen LogP contribution in [0.2, 0.25) is 0 Å². The molecule has 0 saturated heterocycles. The van der Waals surface area contributed by atoms with E-state index in [4.69, 9.17) is 5.73 Å². The third kappa shape index (κ3) is 3.37. The number of hydrogen-bond donors (Lipinski definition) is 4. The molecule has 1 atom stereocenters. The molecule has 6 nitrogen and oxygen atoms in total. The van der Waals surface area contributed by atoms with Gasteiger partial charge in [0.15, 0.2) is 0 Å². The molecule has 3 amide bonds. The molecule has 0 bridgehead atoms. The van der Waals surface area contributed by atoms with Gasteiger partial charge in [-0.15, -0.1) is 0 Å². The standard InChI is InChI=1S/C17H17F3N4O2/c1-8-13(21)14(24-16(26)22-8)15(25)23-12-4-2-3-9-5-6-10(7-11(9)12)17(18,19)20/h5-7,12H,1-4,21H2,(H,23,25)(H2,22,24,26)/t12-/m1/s1. The van der Waals surface area contributed by atoms with E-state index in [1.54, 1.807) is 0 Å². The molecule has 1 aromatic rings. The lowest BCUT2D eigenvalue weighted by Crippen LogP contribution is -2.47. The lowest BCUT2D eigenvalue weighted by molar-refractivity contribution is -0.137. The van der Waals surface area contributed by atoms with Crippen LogP contribution in [0.15, 0.2) is 41.9 Å². The molecule has 2 aliphatic rings. The molecule has 138 valence electrons. The zero-order valence-electron chi connectivity index (χ0n) is 13.7. The molecule has 1 aliphatic carbocycles. The molecular weight excluding hydrogens is 349 g/mol. The van der Waals surface area contributed by atoms with Crippen LogP contribution in [0, 0.1) is 0 Å². The van der Waals surface area contributed by atoms with Crippen molar-refractivity contribution < 1.29 is 22.8 Å². The molecule has 0 unspecified atom stereocenters. The molecule has 9 heteroatoms. The third-order valence-corrected chi connectivity index (χ3v) is 4.42. The minimum Gasteiger partial charge on any atom is -0.395 e. The van der Waals surface area contributed by atoms with Crippen LogP contribution in [-0.2, 0) is 17.4 Å². The van der Waals surface area contributed by atoms with E-state index in [-0.39, 0.29) is 17.1 Å². The topological polar surface area (TPSA) is 96.2 Å². The summed E-state index contributed by atoms with van der Waals surface area (Å²) in [6.45, 7) is 3.54. The van der Waals surface area contributed by atoms with Gasteiger partial charge in [0.25, 0.3) is 5.91 Å². The Bertz CT molecular complexity index is 830. The third-order valence-electron chi connectivity index (χ3n) is 4.42. The Morgan fingerprint density at radius 1 is 1.31 bits per heavy atom. The van der Waals surface area contributed by atoms with Crippen molar-refractivity contribution in [3.63, 3.8) is 0 Å². The number of hydrogen-bond acceptors (Lipinski definition) is 3. The first-order chi connectivity index (χ1) is 12.2. The Kier molecular flexibility index (Phi) is 4.39. The predicted molar refractivity (Wildman–Crippen MR) is 87.3 cm³/mol. The van der Waals surface area contributed by atoms with Crippen molar-refractivity contribution in [3.05, 3.63) is 58.6 Å². The number of aryl methyl sites for hydroxylation is 1. The van der Waals surface area contributed by atoms with Gasteiger partial charge in [0.05, 0.1) is 23.0 Å². The number of carbonyl (C=O) groups excluding carboxylic acids is 2. The molecule has 1 aromatic carbocycles. The normalized spacial score (nSPS) is 20.2. The Hall–Kier alpha value is -2.97. The second-order valence-electron chi connectivity index (χ2n) is 6.18. The largest absolute Gasteiger partial charge is 0.416 e. The highest BCUT2D eigenvalue weighted by Crippen LogP contribution is 2.36. The number of halogens is 3. The quantitative estimate of drug-likeness (QED) is 0.646. The number of fused-ring (bicyclic) bond motifs is 1.